The summed E-state index contributed by atoms with van der Waals surface area (Å²) in [6.45, 7) is 0.308. The normalized spacial score (nSPS) is 28.8. The fourth-order valence-electron chi connectivity index (χ4n) is 3.11. The van der Waals surface area contributed by atoms with E-state index in [9.17, 15) is 18.0 Å². The van der Waals surface area contributed by atoms with Crippen LogP contribution in [0.15, 0.2) is 0 Å². The SMILES string of the molecule is O=C(NCCC1CCCC1)C1(C(F)(F)F)CCNC1. The molecule has 19 heavy (non-hydrogen) atoms. The van der Waals surface area contributed by atoms with Crippen LogP contribution in [-0.4, -0.2) is 31.7 Å². The van der Waals surface area contributed by atoms with Crippen molar-refractivity contribution in [2.45, 2.75) is 44.7 Å². The summed E-state index contributed by atoms with van der Waals surface area (Å²) in [5.41, 5.74) is -2.22. The molecule has 1 saturated heterocycles. The molecule has 3 nitrogen and oxygen atoms in total. The molecule has 1 atom stereocenters. The summed E-state index contributed by atoms with van der Waals surface area (Å²) >= 11 is 0. The maximum Gasteiger partial charge on any atom is 0.404 e. The summed E-state index contributed by atoms with van der Waals surface area (Å²) in [7, 11) is 0. The van der Waals surface area contributed by atoms with E-state index in [0.29, 0.717) is 12.5 Å². The number of alkyl halides is 3. The van der Waals surface area contributed by atoms with Crippen LogP contribution >= 0.6 is 0 Å². The van der Waals surface area contributed by atoms with E-state index >= 15 is 0 Å². The third-order valence-electron chi connectivity index (χ3n) is 4.45. The van der Waals surface area contributed by atoms with Crippen molar-refractivity contribution in [3.8, 4) is 0 Å². The maximum absolute atomic E-state index is 13.1. The zero-order valence-corrected chi connectivity index (χ0v) is 11.0. The highest BCUT2D eigenvalue weighted by Crippen LogP contribution is 2.43. The van der Waals surface area contributed by atoms with Crippen LogP contribution in [0.4, 0.5) is 13.2 Å². The van der Waals surface area contributed by atoms with Gasteiger partial charge in [0.25, 0.3) is 0 Å². The van der Waals surface area contributed by atoms with Crippen LogP contribution in [0, 0.1) is 11.3 Å². The zero-order valence-electron chi connectivity index (χ0n) is 11.0. The Morgan fingerprint density at radius 3 is 2.53 bits per heavy atom. The lowest BCUT2D eigenvalue weighted by molar-refractivity contribution is -0.216. The smallest absolute Gasteiger partial charge is 0.355 e. The molecule has 2 fully saturated rings. The summed E-state index contributed by atoms with van der Waals surface area (Å²) in [6.07, 6.45) is 0.848. The van der Waals surface area contributed by atoms with Gasteiger partial charge < -0.3 is 10.6 Å². The Hall–Kier alpha value is -0.780. The van der Waals surface area contributed by atoms with Crippen LogP contribution in [0.5, 0.6) is 0 Å². The van der Waals surface area contributed by atoms with Crippen molar-refractivity contribution < 1.29 is 18.0 Å². The van der Waals surface area contributed by atoms with Crippen molar-refractivity contribution in [1.82, 2.24) is 10.6 Å². The van der Waals surface area contributed by atoms with E-state index in [2.05, 4.69) is 10.6 Å². The van der Waals surface area contributed by atoms with Gasteiger partial charge in [0, 0.05) is 13.1 Å². The topological polar surface area (TPSA) is 41.1 Å². The summed E-state index contributed by atoms with van der Waals surface area (Å²) in [6, 6.07) is 0. The zero-order chi connectivity index (χ0) is 13.9. The number of hydrogen-bond acceptors (Lipinski definition) is 2. The highest BCUT2D eigenvalue weighted by molar-refractivity contribution is 5.84. The van der Waals surface area contributed by atoms with Crippen LogP contribution in [0.25, 0.3) is 0 Å². The number of rotatable bonds is 4. The summed E-state index contributed by atoms with van der Waals surface area (Å²) in [4.78, 5) is 11.9. The van der Waals surface area contributed by atoms with Gasteiger partial charge in [-0.1, -0.05) is 25.7 Å². The van der Waals surface area contributed by atoms with Gasteiger partial charge in [0.1, 0.15) is 0 Å². The third-order valence-corrected chi connectivity index (χ3v) is 4.45. The van der Waals surface area contributed by atoms with Gasteiger partial charge in [-0.15, -0.1) is 0 Å². The lowest BCUT2D eigenvalue weighted by Gasteiger charge is -2.29. The number of carbonyl (C=O) groups is 1. The Kier molecular flexibility index (Phi) is 4.38. The first-order chi connectivity index (χ1) is 8.96. The second-order valence-corrected chi connectivity index (χ2v) is 5.70. The minimum atomic E-state index is -4.48. The highest BCUT2D eigenvalue weighted by atomic mass is 19.4. The van der Waals surface area contributed by atoms with Crippen LogP contribution in [-0.2, 0) is 4.79 Å². The minimum Gasteiger partial charge on any atom is -0.355 e. The first-order valence-electron chi connectivity index (χ1n) is 7.01. The Labute approximate surface area is 111 Å². The summed E-state index contributed by atoms with van der Waals surface area (Å²) in [5.74, 6) is -0.285. The van der Waals surface area contributed by atoms with Gasteiger partial charge in [-0.3, -0.25) is 4.79 Å². The fourth-order valence-corrected chi connectivity index (χ4v) is 3.11. The molecule has 0 aromatic rings. The van der Waals surface area contributed by atoms with E-state index < -0.39 is 17.5 Å². The molecule has 2 aliphatic rings. The van der Waals surface area contributed by atoms with E-state index in [1.54, 1.807) is 0 Å². The lowest BCUT2D eigenvalue weighted by atomic mass is 9.85. The van der Waals surface area contributed by atoms with E-state index in [4.69, 9.17) is 0 Å². The molecule has 0 aromatic heterocycles. The Morgan fingerprint density at radius 1 is 1.32 bits per heavy atom. The number of nitrogens with one attached hydrogen (secondary N) is 2. The first kappa shape index (κ1) is 14.6. The molecule has 1 aliphatic heterocycles. The van der Waals surface area contributed by atoms with E-state index in [0.717, 1.165) is 19.3 Å². The van der Waals surface area contributed by atoms with E-state index in [1.165, 1.54) is 12.8 Å². The standard InChI is InChI=1S/C13H21F3N2O/c14-13(15,16)12(6-8-17-9-12)11(19)18-7-5-10-3-1-2-4-10/h10,17H,1-9H2,(H,18,19). The second kappa shape index (κ2) is 5.69. The summed E-state index contributed by atoms with van der Waals surface area (Å²) < 4.78 is 39.3. The number of hydrogen-bond donors (Lipinski definition) is 2. The van der Waals surface area contributed by atoms with Crippen molar-refractivity contribution in [3.63, 3.8) is 0 Å². The molecule has 1 unspecified atom stereocenters. The quantitative estimate of drug-likeness (QED) is 0.828. The Bertz CT molecular complexity index is 318. The molecule has 1 amide bonds. The molecule has 1 aliphatic carbocycles. The molecular weight excluding hydrogens is 257 g/mol. The largest absolute Gasteiger partial charge is 0.404 e. The average molecular weight is 278 g/mol. The number of carbonyl (C=O) groups excluding carboxylic acids is 1. The molecule has 2 N–H and O–H groups in total. The van der Waals surface area contributed by atoms with Gasteiger partial charge in [0.2, 0.25) is 5.91 Å². The minimum absolute atomic E-state index is 0.161. The molecule has 2 rings (SSSR count). The maximum atomic E-state index is 13.1. The van der Waals surface area contributed by atoms with E-state index in [-0.39, 0.29) is 19.5 Å². The monoisotopic (exact) mass is 278 g/mol. The number of halogens is 3. The molecular formula is C13H21F3N2O. The Balaban J connectivity index is 1.86. The molecule has 0 radical (unpaired) electrons. The average Bonchev–Trinajstić information content (AvgIpc) is 2.99. The van der Waals surface area contributed by atoms with Gasteiger partial charge in [0.05, 0.1) is 0 Å². The van der Waals surface area contributed by atoms with Gasteiger partial charge >= 0.3 is 6.18 Å². The molecule has 0 aromatic carbocycles. The van der Waals surface area contributed by atoms with Crippen LogP contribution in [0.1, 0.15) is 38.5 Å². The van der Waals surface area contributed by atoms with Crippen LogP contribution in [0.3, 0.4) is 0 Å². The van der Waals surface area contributed by atoms with Crippen molar-refractivity contribution in [2.24, 2.45) is 11.3 Å². The number of amides is 1. The van der Waals surface area contributed by atoms with Gasteiger partial charge in [-0.05, 0) is 25.3 Å². The molecule has 1 heterocycles. The third kappa shape index (κ3) is 3.04. The highest BCUT2D eigenvalue weighted by Gasteiger charge is 2.61. The van der Waals surface area contributed by atoms with E-state index in [1.807, 2.05) is 0 Å². The van der Waals surface area contributed by atoms with Gasteiger partial charge in [-0.25, -0.2) is 0 Å². The van der Waals surface area contributed by atoms with Crippen molar-refractivity contribution in [1.29, 1.82) is 0 Å². The van der Waals surface area contributed by atoms with Crippen molar-refractivity contribution in [3.05, 3.63) is 0 Å². The fraction of sp³-hybridized carbons (Fsp3) is 0.923. The molecule has 110 valence electrons. The molecule has 6 heteroatoms. The molecule has 0 bridgehead atoms. The van der Waals surface area contributed by atoms with Gasteiger partial charge in [0.15, 0.2) is 5.41 Å². The van der Waals surface area contributed by atoms with Crippen LogP contribution < -0.4 is 10.6 Å². The second-order valence-electron chi connectivity index (χ2n) is 5.70. The first-order valence-corrected chi connectivity index (χ1v) is 7.01. The van der Waals surface area contributed by atoms with Gasteiger partial charge in [-0.2, -0.15) is 13.2 Å². The summed E-state index contributed by atoms with van der Waals surface area (Å²) in [5, 5.41) is 5.15. The van der Waals surface area contributed by atoms with Crippen molar-refractivity contribution >= 4 is 5.91 Å². The Morgan fingerprint density at radius 2 is 2.00 bits per heavy atom. The lowest BCUT2D eigenvalue weighted by Crippen LogP contribution is -2.52. The molecule has 0 spiro atoms. The molecule has 1 saturated carbocycles. The predicted molar refractivity (Wildman–Crippen MR) is 65.6 cm³/mol. The predicted octanol–water partition coefficient (Wildman–Crippen LogP) is 2.22. The van der Waals surface area contributed by atoms with Crippen LogP contribution in [0.2, 0.25) is 0 Å². The van der Waals surface area contributed by atoms with Crippen molar-refractivity contribution in [2.75, 3.05) is 19.6 Å².